The Morgan fingerprint density at radius 3 is 2.62 bits per heavy atom. The van der Waals surface area contributed by atoms with Crippen molar-refractivity contribution < 1.29 is 14.3 Å². The van der Waals surface area contributed by atoms with Gasteiger partial charge in [0.15, 0.2) is 11.5 Å². The smallest absolute Gasteiger partial charge is 0.241 e. The van der Waals surface area contributed by atoms with Crippen molar-refractivity contribution in [2.24, 2.45) is 11.7 Å². The Morgan fingerprint density at radius 2 is 1.97 bits per heavy atom. The van der Waals surface area contributed by atoms with Gasteiger partial charge in [0.05, 0.1) is 18.8 Å². The predicted molar refractivity (Wildman–Crippen MR) is 118 cm³/mol. The molecule has 2 heterocycles. The van der Waals surface area contributed by atoms with Crippen LogP contribution in [0.5, 0.6) is 11.5 Å². The maximum absolute atomic E-state index is 12.2. The number of amides is 1. The number of benzene rings is 1. The summed E-state index contributed by atoms with van der Waals surface area (Å²) < 4.78 is 13.2. The van der Waals surface area contributed by atoms with Crippen LogP contribution in [0.4, 0.5) is 5.69 Å². The van der Waals surface area contributed by atoms with Gasteiger partial charge in [0.25, 0.3) is 0 Å². The van der Waals surface area contributed by atoms with E-state index >= 15 is 0 Å². The van der Waals surface area contributed by atoms with Gasteiger partial charge in [-0.15, -0.1) is 24.8 Å². The van der Waals surface area contributed by atoms with E-state index in [0.29, 0.717) is 17.2 Å². The average molecular weight is 441 g/mol. The van der Waals surface area contributed by atoms with Gasteiger partial charge in [-0.1, -0.05) is 19.9 Å². The predicted octanol–water partition coefficient (Wildman–Crippen LogP) is 3.69. The first kappa shape index (κ1) is 24.6. The van der Waals surface area contributed by atoms with Gasteiger partial charge >= 0.3 is 0 Å². The van der Waals surface area contributed by atoms with Gasteiger partial charge in [-0.2, -0.15) is 0 Å². The van der Waals surface area contributed by atoms with Crippen molar-refractivity contribution in [1.82, 2.24) is 9.38 Å². The molecule has 29 heavy (non-hydrogen) atoms. The summed E-state index contributed by atoms with van der Waals surface area (Å²) in [6.07, 6.45) is 3.84. The fourth-order valence-corrected chi connectivity index (χ4v) is 2.60. The molecule has 0 unspecified atom stereocenters. The summed E-state index contributed by atoms with van der Waals surface area (Å²) in [7, 11) is 1.57. The number of nitrogens with zero attached hydrogens (tertiary/aromatic N) is 2. The van der Waals surface area contributed by atoms with E-state index in [9.17, 15) is 4.79 Å². The molecule has 1 atom stereocenters. The number of rotatable bonds is 7. The summed E-state index contributed by atoms with van der Waals surface area (Å²) in [6, 6.07) is 10.4. The highest BCUT2D eigenvalue weighted by Crippen LogP contribution is 2.31. The number of anilines is 1. The van der Waals surface area contributed by atoms with Gasteiger partial charge < -0.3 is 24.9 Å². The second-order valence-electron chi connectivity index (χ2n) is 6.61. The highest BCUT2D eigenvalue weighted by Gasteiger charge is 2.18. The van der Waals surface area contributed by atoms with Crippen molar-refractivity contribution in [3.05, 3.63) is 54.5 Å². The molecule has 9 heteroatoms. The number of hydrogen-bond acceptors (Lipinski definition) is 5. The van der Waals surface area contributed by atoms with Crippen LogP contribution in [0.25, 0.3) is 5.65 Å². The standard InChI is InChI=1S/C20H24N4O3.2ClH/c1-13(2)19(21)20(25)23-14-7-8-16(26-3)17(10-14)27-12-15-11-24-9-5-4-6-18(24)22-15;;/h4-11,13,19H,12,21H2,1-3H3,(H,23,25);2*1H/t19-;;/m0../s1. The number of methoxy groups -OCH3 is 1. The lowest BCUT2D eigenvalue weighted by Gasteiger charge is -2.16. The highest BCUT2D eigenvalue weighted by atomic mass is 35.5. The Balaban J connectivity index is 0.00000210. The normalized spacial score (nSPS) is 11.3. The fourth-order valence-electron chi connectivity index (χ4n) is 2.60. The molecule has 0 aliphatic carbocycles. The van der Waals surface area contributed by atoms with Crippen LogP contribution < -0.4 is 20.5 Å². The maximum atomic E-state index is 12.2. The molecule has 0 aliphatic rings. The molecule has 3 aromatic rings. The van der Waals surface area contributed by atoms with E-state index in [-0.39, 0.29) is 43.2 Å². The van der Waals surface area contributed by atoms with Crippen LogP contribution in [0.1, 0.15) is 19.5 Å². The van der Waals surface area contributed by atoms with E-state index in [2.05, 4.69) is 10.3 Å². The Morgan fingerprint density at radius 1 is 1.21 bits per heavy atom. The van der Waals surface area contributed by atoms with Crippen molar-refractivity contribution in [3.8, 4) is 11.5 Å². The molecule has 0 fully saturated rings. The molecule has 158 valence electrons. The lowest BCUT2D eigenvalue weighted by atomic mass is 10.0. The molecule has 0 radical (unpaired) electrons. The van der Waals surface area contributed by atoms with Crippen LogP contribution in [-0.2, 0) is 11.4 Å². The number of aromatic nitrogens is 2. The molecular weight excluding hydrogens is 415 g/mol. The molecule has 3 N–H and O–H groups in total. The number of pyridine rings is 1. The third-order valence-corrected chi connectivity index (χ3v) is 4.24. The zero-order valence-corrected chi connectivity index (χ0v) is 18.1. The lowest BCUT2D eigenvalue weighted by Crippen LogP contribution is -2.39. The Kier molecular flexibility index (Phi) is 9.23. The minimum atomic E-state index is -0.575. The van der Waals surface area contributed by atoms with Crippen LogP contribution in [-0.4, -0.2) is 28.4 Å². The van der Waals surface area contributed by atoms with Crippen LogP contribution in [0.3, 0.4) is 0 Å². The molecule has 7 nitrogen and oxygen atoms in total. The first-order valence-electron chi connectivity index (χ1n) is 8.78. The van der Waals surface area contributed by atoms with Gasteiger partial charge in [-0.05, 0) is 30.2 Å². The number of carbonyl (C=O) groups excluding carboxylic acids is 1. The summed E-state index contributed by atoms with van der Waals surface area (Å²) in [6.45, 7) is 4.09. The molecule has 1 aromatic carbocycles. The van der Waals surface area contributed by atoms with Gasteiger partial charge in [-0.3, -0.25) is 4.79 Å². The highest BCUT2D eigenvalue weighted by molar-refractivity contribution is 5.95. The van der Waals surface area contributed by atoms with Gasteiger partial charge in [-0.25, -0.2) is 4.98 Å². The number of fused-ring (bicyclic) bond motifs is 1. The molecule has 0 spiro atoms. The van der Waals surface area contributed by atoms with E-state index in [1.54, 1.807) is 25.3 Å². The number of imidazole rings is 1. The maximum Gasteiger partial charge on any atom is 0.241 e. The molecule has 0 saturated carbocycles. The zero-order valence-electron chi connectivity index (χ0n) is 16.5. The van der Waals surface area contributed by atoms with E-state index in [1.807, 2.05) is 48.8 Å². The third kappa shape index (κ3) is 6.00. The van der Waals surface area contributed by atoms with Crippen LogP contribution in [0, 0.1) is 5.92 Å². The minimum absolute atomic E-state index is 0. The second kappa shape index (κ2) is 10.9. The molecule has 0 aliphatic heterocycles. The molecule has 2 aromatic heterocycles. The molecule has 0 saturated heterocycles. The Bertz CT molecular complexity index is 913. The van der Waals surface area contributed by atoms with E-state index in [4.69, 9.17) is 15.2 Å². The van der Waals surface area contributed by atoms with Crippen molar-refractivity contribution in [2.45, 2.75) is 26.5 Å². The fraction of sp³-hybridized carbons (Fsp3) is 0.300. The second-order valence-corrected chi connectivity index (χ2v) is 6.61. The Hall–Kier alpha value is -2.48. The number of nitrogens with one attached hydrogen (secondary N) is 1. The number of carbonyl (C=O) groups is 1. The van der Waals surface area contributed by atoms with Crippen LogP contribution in [0.2, 0.25) is 0 Å². The number of halogens is 2. The largest absolute Gasteiger partial charge is 0.493 e. The molecule has 1 amide bonds. The van der Waals surface area contributed by atoms with Crippen molar-refractivity contribution in [3.63, 3.8) is 0 Å². The summed E-state index contributed by atoms with van der Waals surface area (Å²) in [5, 5.41) is 2.82. The van der Waals surface area contributed by atoms with E-state index < -0.39 is 6.04 Å². The van der Waals surface area contributed by atoms with Crippen LogP contribution >= 0.6 is 24.8 Å². The number of nitrogens with two attached hydrogens (primary N) is 1. The zero-order chi connectivity index (χ0) is 19.4. The van der Waals surface area contributed by atoms with Crippen LogP contribution in [0.15, 0.2) is 48.8 Å². The first-order valence-corrected chi connectivity index (χ1v) is 8.78. The summed E-state index contributed by atoms with van der Waals surface area (Å²) in [5.74, 6) is 0.908. The van der Waals surface area contributed by atoms with E-state index in [1.165, 1.54) is 0 Å². The SMILES string of the molecule is COc1ccc(NC(=O)[C@@H](N)C(C)C)cc1OCc1cn2ccccc2n1.Cl.Cl. The topological polar surface area (TPSA) is 90.9 Å². The van der Waals surface area contributed by atoms with Crippen molar-refractivity contribution >= 4 is 42.1 Å². The summed E-state index contributed by atoms with van der Waals surface area (Å²) >= 11 is 0. The number of hydrogen-bond donors (Lipinski definition) is 2. The minimum Gasteiger partial charge on any atom is -0.493 e. The molecule has 3 rings (SSSR count). The summed E-state index contributed by atoms with van der Waals surface area (Å²) in [4.78, 5) is 16.7. The molecular formula is C20H26Cl2N4O3. The lowest BCUT2D eigenvalue weighted by molar-refractivity contribution is -0.118. The van der Waals surface area contributed by atoms with Gasteiger partial charge in [0.2, 0.25) is 5.91 Å². The molecule has 0 bridgehead atoms. The Labute approximate surface area is 182 Å². The van der Waals surface area contributed by atoms with Crippen molar-refractivity contribution in [1.29, 1.82) is 0 Å². The van der Waals surface area contributed by atoms with Gasteiger partial charge in [0, 0.05) is 24.1 Å². The monoisotopic (exact) mass is 440 g/mol. The van der Waals surface area contributed by atoms with Crippen molar-refractivity contribution in [2.75, 3.05) is 12.4 Å². The third-order valence-electron chi connectivity index (χ3n) is 4.24. The quantitative estimate of drug-likeness (QED) is 0.584. The first-order chi connectivity index (χ1) is 13.0. The summed E-state index contributed by atoms with van der Waals surface area (Å²) in [5.41, 5.74) is 8.14. The van der Waals surface area contributed by atoms with E-state index in [0.717, 1.165) is 11.3 Å². The number of ether oxygens (including phenoxy) is 2. The average Bonchev–Trinajstić information content (AvgIpc) is 3.08. The van der Waals surface area contributed by atoms with Gasteiger partial charge in [0.1, 0.15) is 12.3 Å².